The summed E-state index contributed by atoms with van der Waals surface area (Å²) in [6.07, 6.45) is 3.97. The SMILES string of the molecule is Cc1ncsc1-c1ccc(CNC(=O)[C@@H]2C[C@@H](O)CN2C(=O)C(C(C)C)n2cc(-c3ccnc(O[C@@H](C)CNC(=O)C[C@@H]4N=C(c5ccc(Cl)cc5)c5c(sc(C)c5C)-n5c(C)nnc54)c3)cn2)cc1. The van der Waals surface area contributed by atoms with Crippen molar-refractivity contribution in [2.75, 3.05) is 13.1 Å². The molecule has 16 nitrogen and oxygen atoms in total. The van der Waals surface area contributed by atoms with Gasteiger partial charge in [0.15, 0.2) is 5.82 Å². The van der Waals surface area contributed by atoms with E-state index < -0.39 is 30.3 Å². The highest BCUT2D eigenvalue weighted by Crippen LogP contribution is 2.40. The van der Waals surface area contributed by atoms with E-state index in [9.17, 15) is 19.5 Å². The number of hydrogen-bond acceptors (Lipinski definition) is 13. The van der Waals surface area contributed by atoms with Gasteiger partial charge in [-0.15, -0.1) is 32.9 Å². The molecule has 0 bridgehead atoms. The fourth-order valence-electron chi connectivity index (χ4n) is 9.02. The predicted octanol–water partition coefficient (Wildman–Crippen LogP) is 7.94. The van der Waals surface area contributed by atoms with Crippen LogP contribution in [0, 0.1) is 33.6 Å². The first-order valence-corrected chi connectivity index (χ1v) is 25.3. The number of nitrogens with zero attached hydrogens (tertiary/aromatic N) is 9. The summed E-state index contributed by atoms with van der Waals surface area (Å²) >= 11 is 9.51. The lowest BCUT2D eigenvalue weighted by Gasteiger charge is -2.30. The van der Waals surface area contributed by atoms with Gasteiger partial charge in [0.1, 0.15) is 35.1 Å². The van der Waals surface area contributed by atoms with Crippen LogP contribution in [0.5, 0.6) is 5.88 Å². The van der Waals surface area contributed by atoms with E-state index in [2.05, 4.69) is 49.7 Å². The molecule has 0 aliphatic carbocycles. The number of amides is 3. The Morgan fingerprint density at radius 3 is 2.41 bits per heavy atom. The van der Waals surface area contributed by atoms with Gasteiger partial charge in [-0.05, 0) is 81.0 Å². The standard InChI is InChI=1S/C51H54ClN11O5S2/c1-27(2)46(50(67)61-25-39(64)19-41(61)49(66)55-22-33-8-10-35(11-9-33)47-30(5)56-26-69-47)62-24-37(23-57-62)36-16-17-53-43(18-36)68-28(3)21-54-42(65)20-40-48-60-59-32(7)63(48)51-44(29(4)31(6)70-51)45(58-40)34-12-14-38(52)15-13-34/h8-18,23-24,26-28,39-41,46,64H,19-22,25H2,1-7H3,(H,54,65)(H,55,66)/t28-,39+,40-,41-,46?/m0/s1. The van der Waals surface area contributed by atoms with Crippen molar-refractivity contribution in [1.82, 2.24) is 50.0 Å². The summed E-state index contributed by atoms with van der Waals surface area (Å²) in [7, 11) is 0. The summed E-state index contributed by atoms with van der Waals surface area (Å²) in [6.45, 7) is 14.3. The van der Waals surface area contributed by atoms with E-state index in [0.717, 1.165) is 65.1 Å². The quantitative estimate of drug-likeness (QED) is 0.0908. The second-order valence-corrected chi connectivity index (χ2v) is 20.7. The number of ether oxygens (including phenoxy) is 1. The number of pyridine rings is 1. The van der Waals surface area contributed by atoms with Gasteiger partial charge >= 0.3 is 0 Å². The molecule has 1 fully saturated rings. The van der Waals surface area contributed by atoms with Gasteiger partial charge in [0, 0.05) is 64.6 Å². The number of aliphatic hydroxyl groups excluding tert-OH is 1. The number of aliphatic hydroxyl groups is 1. The van der Waals surface area contributed by atoms with Crippen LogP contribution in [0.3, 0.4) is 0 Å². The van der Waals surface area contributed by atoms with Crippen LogP contribution in [0.25, 0.3) is 26.6 Å². The number of carbonyl (C=O) groups is 3. The Bertz CT molecular complexity index is 3090. The maximum atomic E-state index is 14.3. The van der Waals surface area contributed by atoms with Gasteiger partial charge < -0.3 is 25.4 Å². The Labute approximate surface area is 418 Å². The molecule has 362 valence electrons. The Morgan fingerprint density at radius 1 is 0.929 bits per heavy atom. The van der Waals surface area contributed by atoms with Crippen molar-refractivity contribution in [3.05, 3.63) is 134 Å². The average Bonchev–Trinajstić information content (AvgIpc) is 4.19. The highest BCUT2D eigenvalue weighted by Gasteiger charge is 2.42. The van der Waals surface area contributed by atoms with E-state index in [4.69, 9.17) is 21.3 Å². The van der Waals surface area contributed by atoms with Gasteiger partial charge in [-0.25, -0.2) is 9.97 Å². The smallest absolute Gasteiger partial charge is 0.248 e. The van der Waals surface area contributed by atoms with E-state index in [1.54, 1.807) is 52.0 Å². The number of β-amino-alcohol motifs (C(OH)–C–C–N with tert-alkyl or cyclic N) is 1. The summed E-state index contributed by atoms with van der Waals surface area (Å²) < 4.78 is 9.85. The van der Waals surface area contributed by atoms with E-state index >= 15 is 0 Å². The van der Waals surface area contributed by atoms with Crippen LogP contribution in [0.2, 0.25) is 5.02 Å². The highest BCUT2D eigenvalue weighted by atomic mass is 35.5. The third kappa shape index (κ3) is 10.0. The predicted molar refractivity (Wildman–Crippen MR) is 271 cm³/mol. The highest BCUT2D eigenvalue weighted by molar-refractivity contribution is 7.15. The molecule has 1 unspecified atom stereocenters. The van der Waals surface area contributed by atoms with Gasteiger partial charge in [0.25, 0.3) is 0 Å². The average molecular weight is 1000 g/mol. The molecule has 70 heavy (non-hydrogen) atoms. The number of halogens is 1. The zero-order valence-corrected chi connectivity index (χ0v) is 42.3. The van der Waals surface area contributed by atoms with Crippen molar-refractivity contribution in [2.24, 2.45) is 10.9 Å². The molecule has 3 amide bonds. The molecule has 0 spiro atoms. The molecule has 2 aliphatic heterocycles. The minimum Gasteiger partial charge on any atom is -0.473 e. The number of fused-ring (bicyclic) bond motifs is 3. The number of benzene rings is 2. The fourth-order valence-corrected chi connectivity index (χ4v) is 11.2. The van der Waals surface area contributed by atoms with Crippen LogP contribution in [-0.4, -0.2) is 99.3 Å². The summed E-state index contributed by atoms with van der Waals surface area (Å²) in [6, 6.07) is 16.9. The summed E-state index contributed by atoms with van der Waals surface area (Å²) in [5.74, 6) is 0.600. The molecule has 5 aromatic heterocycles. The van der Waals surface area contributed by atoms with Gasteiger partial charge in [-0.3, -0.25) is 28.6 Å². The zero-order chi connectivity index (χ0) is 49.4. The maximum Gasteiger partial charge on any atom is 0.248 e. The number of aromatic nitrogens is 7. The Kier molecular flexibility index (Phi) is 14.1. The molecule has 3 N–H and O–H groups in total. The summed E-state index contributed by atoms with van der Waals surface area (Å²) in [5.41, 5.74) is 10.0. The van der Waals surface area contributed by atoms with Crippen LogP contribution in [0.15, 0.2) is 89.8 Å². The van der Waals surface area contributed by atoms with E-state index in [0.29, 0.717) is 22.6 Å². The van der Waals surface area contributed by atoms with Gasteiger partial charge in [0.05, 0.1) is 47.1 Å². The molecule has 2 aromatic carbocycles. The number of nitrogens with one attached hydrogen (secondary N) is 2. The maximum absolute atomic E-state index is 14.3. The molecule has 7 heterocycles. The second kappa shape index (κ2) is 20.4. The van der Waals surface area contributed by atoms with Crippen molar-refractivity contribution in [1.29, 1.82) is 0 Å². The lowest BCUT2D eigenvalue weighted by Crippen LogP contribution is -2.49. The van der Waals surface area contributed by atoms with Crippen LogP contribution >= 0.6 is 34.3 Å². The van der Waals surface area contributed by atoms with Crippen LogP contribution < -0.4 is 15.4 Å². The topological polar surface area (TPSA) is 195 Å². The fraction of sp³-hybridized carbons (Fsp3) is 0.353. The third-order valence-corrected chi connectivity index (χ3v) is 15.2. The number of aryl methyl sites for hydroxylation is 3. The number of carbonyl (C=O) groups excluding carboxylic acids is 3. The van der Waals surface area contributed by atoms with Crippen LogP contribution in [-0.2, 0) is 20.9 Å². The number of rotatable bonds is 15. The molecule has 9 rings (SSSR count). The molecule has 7 aromatic rings. The Balaban J connectivity index is 0.831. The van der Waals surface area contributed by atoms with Crippen molar-refractivity contribution in [2.45, 2.75) is 98.2 Å². The normalized spacial score (nSPS) is 17.4. The minimum absolute atomic E-state index is 0.0305. The van der Waals surface area contributed by atoms with Crippen LogP contribution in [0.4, 0.5) is 0 Å². The number of likely N-dealkylation sites (tertiary alicyclic amines) is 1. The van der Waals surface area contributed by atoms with Crippen LogP contribution in [0.1, 0.15) is 90.2 Å². The Hall–Kier alpha value is -6.60. The molecule has 19 heteroatoms. The molecule has 0 saturated carbocycles. The lowest BCUT2D eigenvalue weighted by atomic mass is 9.99. The molecule has 2 aliphatic rings. The zero-order valence-electron chi connectivity index (χ0n) is 39.9. The summed E-state index contributed by atoms with van der Waals surface area (Å²) in [4.78, 5) is 59.4. The molecular weight excluding hydrogens is 946 g/mol. The summed E-state index contributed by atoms with van der Waals surface area (Å²) in [5, 5.41) is 31.9. The number of hydrogen-bond donors (Lipinski definition) is 3. The number of thiazole rings is 1. The first-order valence-electron chi connectivity index (χ1n) is 23.2. The van der Waals surface area contributed by atoms with Crippen molar-refractivity contribution >= 4 is 57.7 Å². The number of thiophene rings is 1. The van der Waals surface area contributed by atoms with E-state index in [1.807, 2.05) is 99.3 Å². The lowest BCUT2D eigenvalue weighted by molar-refractivity contribution is -0.142. The largest absolute Gasteiger partial charge is 0.473 e. The van der Waals surface area contributed by atoms with Gasteiger partial charge in [-0.1, -0.05) is 61.8 Å². The molecular formula is C51H54ClN11O5S2. The van der Waals surface area contributed by atoms with Gasteiger partial charge in [0.2, 0.25) is 23.6 Å². The minimum atomic E-state index is -0.838. The van der Waals surface area contributed by atoms with Crippen molar-refractivity contribution in [3.63, 3.8) is 0 Å². The molecule has 0 radical (unpaired) electrons. The first kappa shape index (κ1) is 48.4. The molecule has 5 atom stereocenters. The molecule has 1 saturated heterocycles. The van der Waals surface area contributed by atoms with Gasteiger partial charge in [-0.2, -0.15) is 5.10 Å². The van der Waals surface area contributed by atoms with E-state index in [1.165, 1.54) is 4.90 Å². The number of aliphatic imine (C=N–C) groups is 1. The Morgan fingerprint density at radius 2 is 1.69 bits per heavy atom. The van der Waals surface area contributed by atoms with Crippen molar-refractivity contribution < 1.29 is 24.2 Å². The van der Waals surface area contributed by atoms with Crippen molar-refractivity contribution in [3.8, 4) is 32.4 Å². The van der Waals surface area contributed by atoms with E-state index in [-0.39, 0.29) is 56.1 Å². The first-order chi connectivity index (χ1) is 33.6. The monoisotopic (exact) mass is 999 g/mol. The third-order valence-electron chi connectivity index (χ3n) is 12.8. The second-order valence-electron chi connectivity index (χ2n) is 18.2.